The van der Waals surface area contributed by atoms with Crippen LogP contribution in [0.2, 0.25) is 0 Å². The minimum Gasteiger partial charge on any atom is -0.485 e. The lowest BCUT2D eigenvalue weighted by molar-refractivity contribution is 0.000735. The summed E-state index contributed by atoms with van der Waals surface area (Å²) in [4.78, 5) is 0. The largest absolute Gasteiger partial charge is 0.485 e. The maximum atomic E-state index is 9.77. The molecule has 2 aromatic carbocycles. The van der Waals surface area contributed by atoms with E-state index in [-0.39, 0.29) is 11.7 Å². The first-order valence-corrected chi connectivity index (χ1v) is 13.8. The van der Waals surface area contributed by atoms with Crippen LogP contribution in [0.4, 0.5) is 5.69 Å². The van der Waals surface area contributed by atoms with Crippen molar-refractivity contribution in [2.45, 2.75) is 106 Å². The highest BCUT2D eigenvalue weighted by molar-refractivity contribution is 14.1. The second-order valence-corrected chi connectivity index (χ2v) is 9.16. The van der Waals surface area contributed by atoms with Gasteiger partial charge in [0.05, 0.1) is 6.10 Å². The molecule has 194 valence electrons. The summed E-state index contributed by atoms with van der Waals surface area (Å²) in [5, 5.41) is 9.77. The fourth-order valence-electron chi connectivity index (χ4n) is 3.85. The van der Waals surface area contributed by atoms with Gasteiger partial charge in [0.15, 0.2) is 28.8 Å². The summed E-state index contributed by atoms with van der Waals surface area (Å²) in [6.45, 7) is 18.5. The summed E-state index contributed by atoms with van der Waals surface area (Å²) in [7, 11) is 0. The van der Waals surface area contributed by atoms with Crippen molar-refractivity contribution in [1.82, 2.24) is 0 Å². The Labute approximate surface area is 223 Å². The first kappa shape index (κ1) is 32.5. The van der Waals surface area contributed by atoms with E-state index in [1.54, 1.807) is 0 Å². The number of hydrogen-bond acceptors (Lipinski definition) is 4. The molecule has 0 unspecified atom stereocenters. The van der Waals surface area contributed by atoms with Gasteiger partial charge >= 0.3 is 0 Å². The van der Waals surface area contributed by atoms with Gasteiger partial charge in [0.2, 0.25) is 0 Å². The van der Waals surface area contributed by atoms with Gasteiger partial charge in [0, 0.05) is 5.56 Å². The van der Waals surface area contributed by atoms with Gasteiger partial charge in [-0.1, -0.05) is 77.8 Å². The van der Waals surface area contributed by atoms with Crippen molar-refractivity contribution < 1.29 is 12.9 Å². The van der Waals surface area contributed by atoms with E-state index in [1.165, 1.54) is 12.0 Å². The number of nitrogens with two attached hydrogens (primary N) is 1. The molecular weight excluding hydrogens is 537 g/mol. The van der Waals surface area contributed by atoms with Crippen molar-refractivity contribution in [2.75, 3.05) is 5.73 Å². The fourth-order valence-corrected chi connectivity index (χ4v) is 4.33. The third-order valence-electron chi connectivity index (χ3n) is 5.65. The smallest absolute Gasteiger partial charge is 0.192 e. The standard InChI is InChI=1S/C22H28INO3.C3H8.2C2H6/c1-14-4-6-15(7-5-14)18-12-13-19(20(24)21(18)27-23)26-22(2,3)16-8-10-17(25)11-9-16;1-3-2;2*1-2/h4-7,12-13,16-17,25H,8-11,24H2,1-3H3;3H2,1-2H3;2*1-2H3. The van der Waals surface area contributed by atoms with E-state index in [2.05, 4.69) is 58.9 Å². The van der Waals surface area contributed by atoms with Crippen LogP contribution in [0.15, 0.2) is 36.4 Å². The zero-order valence-electron chi connectivity index (χ0n) is 22.9. The van der Waals surface area contributed by atoms with Gasteiger partial charge in [-0.15, -0.1) is 0 Å². The van der Waals surface area contributed by atoms with E-state index >= 15 is 0 Å². The summed E-state index contributed by atoms with van der Waals surface area (Å²) in [6.07, 6.45) is 4.68. The summed E-state index contributed by atoms with van der Waals surface area (Å²) >= 11 is 1.87. The predicted octanol–water partition coefficient (Wildman–Crippen LogP) is 9.15. The number of rotatable bonds is 5. The molecule has 1 saturated carbocycles. The van der Waals surface area contributed by atoms with E-state index in [4.69, 9.17) is 13.5 Å². The molecule has 0 saturated heterocycles. The quantitative estimate of drug-likeness (QED) is 0.271. The molecular formula is C29H48INO3. The molecule has 0 aromatic heterocycles. The van der Waals surface area contributed by atoms with Crippen molar-refractivity contribution in [3.8, 4) is 22.6 Å². The van der Waals surface area contributed by atoms with E-state index in [0.29, 0.717) is 23.1 Å². The van der Waals surface area contributed by atoms with Crippen LogP contribution >= 0.6 is 23.0 Å². The zero-order valence-corrected chi connectivity index (χ0v) is 25.0. The van der Waals surface area contributed by atoms with Gasteiger partial charge in [-0.3, -0.25) is 0 Å². The minimum absolute atomic E-state index is 0.171. The number of nitrogen functional groups attached to an aromatic ring is 1. The molecule has 0 spiro atoms. The predicted molar refractivity (Wildman–Crippen MR) is 157 cm³/mol. The number of halogens is 1. The fraction of sp³-hybridized carbons (Fsp3) is 0.586. The van der Waals surface area contributed by atoms with Crippen molar-refractivity contribution in [3.05, 3.63) is 42.0 Å². The monoisotopic (exact) mass is 585 g/mol. The highest BCUT2D eigenvalue weighted by atomic mass is 127. The van der Waals surface area contributed by atoms with Crippen LogP contribution in [0.25, 0.3) is 11.1 Å². The molecule has 3 rings (SSSR count). The van der Waals surface area contributed by atoms with Crippen molar-refractivity contribution >= 4 is 28.7 Å². The Bertz CT molecular complexity index is 798. The Kier molecular flexibility index (Phi) is 16.3. The van der Waals surface area contributed by atoms with Gasteiger partial charge < -0.3 is 18.6 Å². The maximum absolute atomic E-state index is 9.77. The van der Waals surface area contributed by atoms with Gasteiger partial charge in [-0.25, -0.2) is 0 Å². The van der Waals surface area contributed by atoms with Gasteiger partial charge in [-0.2, -0.15) is 0 Å². The summed E-state index contributed by atoms with van der Waals surface area (Å²) in [6, 6.07) is 12.2. The third kappa shape index (κ3) is 9.65. The normalized spacial score (nSPS) is 17.0. The van der Waals surface area contributed by atoms with Crippen molar-refractivity contribution in [2.24, 2.45) is 5.92 Å². The molecule has 0 amide bonds. The molecule has 3 N–H and O–H groups in total. The molecule has 2 aromatic rings. The summed E-state index contributed by atoms with van der Waals surface area (Å²) in [5.74, 6) is 1.67. The van der Waals surface area contributed by atoms with Crippen LogP contribution in [-0.2, 0) is 0 Å². The molecule has 1 aliphatic carbocycles. The first-order chi connectivity index (χ1) is 16.2. The Balaban J connectivity index is 0.00000141. The second kappa shape index (κ2) is 17.0. The van der Waals surface area contributed by atoms with Gasteiger partial charge in [0.25, 0.3) is 0 Å². The van der Waals surface area contributed by atoms with Crippen molar-refractivity contribution in [3.63, 3.8) is 0 Å². The number of anilines is 1. The van der Waals surface area contributed by atoms with E-state index in [9.17, 15) is 5.11 Å². The minimum atomic E-state index is -0.359. The zero-order chi connectivity index (χ0) is 26.3. The molecule has 1 aliphatic rings. The third-order valence-corrected chi connectivity index (χ3v) is 6.09. The van der Waals surface area contributed by atoms with E-state index in [0.717, 1.165) is 36.8 Å². The highest BCUT2D eigenvalue weighted by Gasteiger charge is 2.35. The Morgan fingerprint density at radius 2 is 1.44 bits per heavy atom. The van der Waals surface area contributed by atoms with Crippen LogP contribution in [-0.4, -0.2) is 16.8 Å². The van der Waals surface area contributed by atoms with Crippen LogP contribution in [0.1, 0.15) is 93.1 Å². The topological polar surface area (TPSA) is 64.7 Å². The molecule has 5 heteroatoms. The molecule has 4 nitrogen and oxygen atoms in total. The number of hydrogen-bond donors (Lipinski definition) is 2. The molecule has 1 fully saturated rings. The number of aliphatic hydroxyl groups is 1. The van der Waals surface area contributed by atoms with Crippen molar-refractivity contribution in [1.29, 1.82) is 0 Å². The second-order valence-electron chi connectivity index (χ2n) is 8.72. The number of ether oxygens (including phenoxy) is 1. The maximum Gasteiger partial charge on any atom is 0.192 e. The van der Waals surface area contributed by atoms with Crippen LogP contribution in [0.3, 0.4) is 0 Å². The molecule has 0 heterocycles. The van der Waals surface area contributed by atoms with Gasteiger partial charge in [-0.05, 0) is 70.1 Å². The van der Waals surface area contributed by atoms with Crippen LogP contribution in [0, 0.1) is 12.8 Å². The number of aliphatic hydroxyl groups excluding tert-OH is 1. The number of aryl methyl sites for hydroxylation is 1. The molecule has 34 heavy (non-hydrogen) atoms. The SMILES string of the molecule is CC.CC.CCC.Cc1ccc(-c2ccc(OC(C)(C)C3CCC(O)CC3)c(N)c2OI)cc1. The molecule has 0 aliphatic heterocycles. The Morgan fingerprint density at radius 1 is 0.941 bits per heavy atom. The molecule has 0 bridgehead atoms. The first-order valence-electron chi connectivity index (χ1n) is 12.9. The summed E-state index contributed by atoms with van der Waals surface area (Å²) < 4.78 is 12.0. The van der Waals surface area contributed by atoms with Gasteiger partial charge in [0.1, 0.15) is 17.0 Å². The summed E-state index contributed by atoms with van der Waals surface area (Å²) in [5.41, 5.74) is 9.81. The number of benzene rings is 2. The van der Waals surface area contributed by atoms with E-state index < -0.39 is 0 Å². The van der Waals surface area contributed by atoms with Crippen LogP contribution in [0.5, 0.6) is 11.5 Å². The lowest BCUT2D eigenvalue weighted by Crippen LogP contribution is -2.40. The Morgan fingerprint density at radius 3 is 1.91 bits per heavy atom. The molecule has 0 radical (unpaired) electrons. The average Bonchev–Trinajstić information content (AvgIpc) is 2.84. The average molecular weight is 586 g/mol. The molecule has 0 atom stereocenters. The van der Waals surface area contributed by atoms with Crippen LogP contribution < -0.4 is 13.5 Å². The lowest BCUT2D eigenvalue weighted by Gasteiger charge is -2.38. The lowest BCUT2D eigenvalue weighted by atomic mass is 9.77. The Hall–Kier alpha value is -1.47. The highest BCUT2D eigenvalue weighted by Crippen LogP contribution is 2.44. The van der Waals surface area contributed by atoms with E-state index in [1.807, 2.05) is 62.8 Å².